The fourth-order valence-corrected chi connectivity index (χ4v) is 2.46. The minimum Gasteiger partial charge on any atom is -0.393 e. The summed E-state index contributed by atoms with van der Waals surface area (Å²) < 4.78 is 0. The molecule has 1 amide bonds. The summed E-state index contributed by atoms with van der Waals surface area (Å²) in [6.07, 6.45) is 9.29. The summed E-state index contributed by atoms with van der Waals surface area (Å²) in [4.78, 5) is 11.5. The quantitative estimate of drug-likeness (QED) is 0.649. The van der Waals surface area contributed by atoms with E-state index in [1.807, 2.05) is 0 Å². The highest BCUT2D eigenvalue weighted by atomic mass is 16.3. The highest BCUT2D eigenvalue weighted by molar-refractivity contribution is 5.75. The van der Waals surface area contributed by atoms with E-state index in [2.05, 4.69) is 5.32 Å². The van der Waals surface area contributed by atoms with E-state index in [0.717, 1.165) is 18.8 Å². The van der Waals surface area contributed by atoms with Gasteiger partial charge in [-0.3, -0.25) is 4.79 Å². The molecule has 4 heteroatoms. The highest BCUT2D eigenvalue weighted by Crippen LogP contribution is 2.27. The van der Waals surface area contributed by atoms with Crippen LogP contribution in [0.3, 0.4) is 0 Å². The smallest absolute Gasteiger partial charge is 0.220 e. The van der Waals surface area contributed by atoms with E-state index in [1.165, 1.54) is 39.0 Å². The predicted octanol–water partition coefficient (Wildman–Crippen LogP) is 1.60. The maximum absolute atomic E-state index is 11.5. The minimum atomic E-state index is -1.21. The van der Waals surface area contributed by atoms with Gasteiger partial charge in [0.15, 0.2) is 0 Å². The Balaban J connectivity index is 2.06. The molecule has 1 unspecified atom stereocenters. The Morgan fingerprint density at radius 3 is 2.61 bits per heavy atom. The van der Waals surface area contributed by atoms with Crippen molar-refractivity contribution in [1.82, 2.24) is 5.32 Å². The molecule has 0 aromatic carbocycles. The van der Waals surface area contributed by atoms with Crippen LogP contribution >= 0.6 is 0 Å². The molecule has 1 rings (SSSR count). The summed E-state index contributed by atoms with van der Waals surface area (Å²) in [5.41, 5.74) is -1.21. The number of hydrogen-bond acceptors (Lipinski definition) is 3. The molecule has 0 aromatic rings. The molecule has 0 heterocycles. The van der Waals surface area contributed by atoms with Crippen molar-refractivity contribution in [3.05, 3.63) is 0 Å². The van der Waals surface area contributed by atoms with Gasteiger partial charge in [-0.15, -0.1) is 0 Å². The summed E-state index contributed by atoms with van der Waals surface area (Å²) in [6, 6.07) is 0. The SMILES string of the molecule is CC(O)(CO)CNC(=O)CCCC1CCCCC1. The third kappa shape index (κ3) is 6.36. The van der Waals surface area contributed by atoms with Gasteiger partial charge in [-0.05, 0) is 25.7 Å². The summed E-state index contributed by atoms with van der Waals surface area (Å²) in [5.74, 6) is 0.784. The molecule has 0 bridgehead atoms. The molecule has 1 atom stereocenters. The molecule has 1 aliphatic rings. The van der Waals surface area contributed by atoms with Gasteiger partial charge in [0.1, 0.15) is 5.60 Å². The van der Waals surface area contributed by atoms with Gasteiger partial charge in [0.25, 0.3) is 0 Å². The van der Waals surface area contributed by atoms with E-state index >= 15 is 0 Å². The Morgan fingerprint density at radius 2 is 2.00 bits per heavy atom. The molecule has 4 nitrogen and oxygen atoms in total. The topological polar surface area (TPSA) is 69.6 Å². The lowest BCUT2D eigenvalue weighted by Gasteiger charge is -2.22. The first-order valence-electron chi connectivity index (χ1n) is 7.13. The van der Waals surface area contributed by atoms with E-state index in [0.29, 0.717) is 6.42 Å². The number of aliphatic hydroxyl groups is 2. The second-order valence-corrected chi connectivity index (χ2v) is 5.83. The molecule has 0 aromatic heterocycles. The van der Waals surface area contributed by atoms with Crippen LogP contribution in [0.2, 0.25) is 0 Å². The zero-order chi connectivity index (χ0) is 13.4. The van der Waals surface area contributed by atoms with Crippen LogP contribution in [0.1, 0.15) is 58.3 Å². The molecule has 0 radical (unpaired) electrons. The van der Waals surface area contributed by atoms with Crippen molar-refractivity contribution in [1.29, 1.82) is 0 Å². The van der Waals surface area contributed by atoms with E-state index in [1.54, 1.807) is 0 Å². The number of rotatable bonds is 7. The van der Waals surface area contributed by atoms with E-state index in [9.17, 15) is 9.90 Å². The van der Waals surface area contributed by atoms with Crippen LogP contribution < -0.4 is 5.32 Å². The maximum Gasteiger partial charge on any atom is 0.220 e. The minimum absolute atomic E-state index is 0.0282. The average molecular weight is 257 g/mol. The second-order valence-electron chi connectivity index (χ2n) is 5.83. The van der Waals surface area contributed by atoms with Gasteiger partial charge in [-0.1, -0.05) is 32.1 Å². The van der Waals surface area contributed by atoms with Crippen LogP contribution in [0.4, 0.5) is 0 Å². The molecular weight excluding hydrogens is 230 g/mol. The Kier molecular flexibility index (Phi) is 6.65. The number of carbonyl (C=O) groups is 1. The van der Waals surface area contributed by atoms with Crippen LogP contribution in [0.15, 0.2) is 0 Å². The molecule has 0 spiro atoms. The first kappa shape index (κ1) is 15.4. The molecule has 0 aliphatic heterocycles. The Bertz CT molecular complexity index is 247. The zero-order valence-electron chi connectivity index (χ0n) is 11.5. The fraction of sp³-hybridized carbons (Fsp3) is 0.929. The molecule has 1 saturated carbocycles. The van der Waals surface area contributed by atoms with Gasteiger partial charge in [0, 0.05) is 13.0 Å². The molecular formula is C14H27NO3. The zero-order valence-corrected chi connectivity index (χ0v) is 11.5. The standard InChI is InChI=1S/C14H27NO3/c1-14(18,11-16)10-15-13(17)9-5-8-12-6-3-2-4-7-12/h12,16,18H,2-11H2,1H3,(H,15,17). The largest absolute Gasteiger partial charge is 0.393 e. The molecule has 0 saturated heterocycles. The fourth-order valence-electron chi connectivity index (χ4n) is 2.46. The van der Waals surface area contributed by atoms with Crippen molar-refractivity contribution in [2.75, 3.05) is 13.2 Å². The van der Waals surface area contributed by atoms with Crippen LogP contribution in [0.5, 0.6) is 0 Å². The Morgan fingerprint density at radius 1 is 1.33 bits per heavy atom. The van der Waals surface area contributed by atoms with Crippen molar-refractivity contribution in [2.24, 2.45) is 5.92 Å². The lowest BCUT2D eigenvalue weighted by atomic mass is 9.86. The van der Waals surface area contributed by atoms with Crippen molar-refractivity contribution in [2.45, 2.75) is 63.9 Å². The predicted molar refractivity (Wildman–Crippen MR) is 71.1 cm³/mol. The van der Waals surface area contributed by atoms with Gasteiger partial charge >= 0.3 is 0 Å². The number of carbonyl (C=O) groups excluding carboxylic acids is 1. The van der Waals surface area contributed by atoms with E-state index < -0.39 is 5.60 Å². The maximum atomic E-state index is 11.5. The first-order chi connectivity index (χ1) is 8.53. The van der Waals surface area contributed by atoms with Crippen molar-refractivity contribution in [3.63, 3.8) is 0 Å². The average Bonchev–Trinajstić information content (AvgIpc) is 2.38. The highest BCUT2D eigenvalue weighted by Gasteiger charge is 2.19. The van der Waals surface area contributed by atoms with Crippen LogP contribution in [0, 0.1) is 5.92 Å². The number of nitrogens with one attached hydrogen (secondary N) is 1. The van der Waals surface area contributed by atoms with Gasteiger partial charge in [0.2, 0.25) is 5.91 Å². The third-order valence-corrected chi connectivity index (χ3v) is 3.75. The van der Waals surface area contributed by atoms with Crippen molar-refractivity contribution >= 4 is 5.91 Å². The van der Waals surface area contributed by atoms with Gasteiger partial charge in [-0.25, -0.2) is 0 Å². The van der Waals surface area contributed by atoms with Crippen LogP contribution in [0.25, 0.3) is 0 Å². The van der Waals surface area contributed by atoms with Crippen molar-refractivity contribution in [3.8, 4) is 0 Å². The lowest BCUT2D eigenvalue weighted by molar-refractivity contribution is -0.122. The molecule has 1 aliphatic carbocycles. The van der Waals surface area contributed by atoms with Crippen molar-refractivity contribution < 1.29 is 15.0 Å². The summed E-state index contributed by atoms with van der Waals surface area (Å²) in [5, 5.41) is 21.1. The first-order valence-corrected chi connectivity index (χ1v) is 7.13. The molecule has 3 N–H and O–H groups in total. The normalized spacial score (nSPS) is 20.4. The van der Waals surface area contributed by atoms with E-state index in [-0.39, 0.29) is 19.1 Å². The number of hydrogen-bond donors (Lipinski definition) is 3. The molecule has 1 fully saturated rings. The van der Waals surface area contributed by atoms with E-state index in [4.69, 9.17) is 5.11 Å². The molecule has 106 valence electrons. The summed E-state index contributed by atoms with van der Waals surface area (Å²) in [6.45, 7) is 1.29. The lowest BCUT2D eigenvalue weighted by Crippen LogP contribution is -2.43. The van der Waals surface area contributed by atoms with Gasteiger partial charge < -0.3 is 15.5 Å². The van der Waals surface area contributed by atoms with Crippen LogP contribution in [-0.2, 0) is 4.79 Å². The number of aliphatic hydroxyl groups excluding tert-OH is 1. The molecule has 18 heavy (non-hydrogen) atoms. The van der Waals surface area contributed by atoms with Gasteiger partial charge in [0.05, 0.1) is 6.61 Å². The third-order valence-electron chi connectivity index (χ3n) is 3.75. The summed E-state index contributed by atoms with van der Waals surface area (Å²) in [7, 11) is 0. The monoisotopic (exact) mass is 257 g/mol. The Hall–Kier alpha value is -0.610. The van der Waals surface area contributed by atoms with Gasteiger partial charge in [-0.2, -0.15) is 0 Å². The summed E-state index contributed by atoms with van der Waals surface area (Å²) >= 11 is 0. The second kappa shape index (κ2) is 7.74. The number of amides is 1. The Labute approximate surface area is 110 Å². The van der Waals surface area contributed by atoms with Crippen LogP contribution in [-0.4, -0.2) is 34.9 Å².